The molecule has 4 heterocycles. The molecule has 1 aromatic carbocycles. The minimum Gasteiger partial charge on any atom is -0.449 e. The lowest BCUT2D eigenvalue weighted by molar-refractivity contribution is 0.0999. The first-order valence-corrected chi connectivity index (χ1v) is 9.65. The Hall–Kier alpha value is -3.45. The van der Waals surface area contributed by atoms with Gasteiger partial charge in [0.1, 0.15) is 5.52 Å². The van der Waals surface area contributed by atoms with E-state index < -0.39 is 0 Å². The smallest absolute Gasteiger partial charge is 0.291 e. The van der Waals surface area contributed by atoms with E-state index in [2.05, 4.69) is 38.2 Å². The Morgan fingerprint density at radius 2 is 1.93 bits per heavy atom. The quantitative estimate of drug-likeness (QED) is 0.581. The van der Waals surface area contributed by atoms with Gasteiger partial charge in [-0.2, -0.15) is 0 Å². The maximum absolute atomic E-state index is 12.8. The molecule has 7 heteroatoms. The van der Waals surface area contributed by atoms with Crippen LogP contribution >= 0.6 is 0 Å². The van der Waals surface area contributed by atoms with Gasteiger partial charge in [0.25, 0.3) is 5.91 Å². The van der Waals surface area contributed by atoms with Gasteiger partial charge >= 0.3 is 0 Å². The molecule has 0 unspecified atom stereocenters. The van der Waals surface area contributed by atoms with Gasteiger partial charge < -0.3 is 19.5 Å². The number of likely N-dealkylation sites (N-methyl/N-ethyl adjacent to an activating group) is 1. The van der Waals surface area contributed by atoms with Crippen LogP contribution in [-0.4, -0.2) is 54.0 Å². The molecule has 1 saturated heterocycles. The highest BCUT2D eigenvalue weighted by Crippen LogP contribution is 2.32. The molecule has 0 aliphatic carbocycles. The van der Waals surface area contributed by atoms with E-state index in [0.29, 0.717) is 16.8 Å². The number of amides is 1. The number of furan rings is 1. The second-order valence-electron chi connectivity index (χ2n) is 7.30. The van der Waals surface area contributed by atoms with E-state index >= 15 is 0 Å². The van der Waals surface area contributed by atoms with Gasteiger partial charge in [0.15, 0.2) is 11.3 Å². The second-order valence-corrected chi connectivity index (χ2v) is 7.30. The number of fused-ring (bicyclic) bond motifs is 2. The molecule has 1 aliphatic rings. The lowest BCUT2D eigenvalue weighted by Gasteiger charge is -2.34. The normalized spacial score (nSPS) is 15.1. The number of nitrogens with one attached hydrogen (secondary N) is 1. The Balaban J connectivity index is 1.47. The van der Waals surface area contributed by atoms with E-state index in [-0.39, 0.29) is 11.7 Å². The second kappa shape index (κ2) is 7.18. The summed E-state index contributed by atoms with van der Waals surface area (Å²) in [6.45, 7) is 4.02. The van der Waals surface area contributed by atoms with E-state index in [4.69, 9.17) is 4.42 Å². The molecule has 0 radical (unpaired) electrons. The summed E-state index contributed by atoms with van der Waals surface area (Å²) in [6.07, 6.45) is 5.26. The summed E-state index contributed by atoms with van der Waals surface area (Å²) in [5.41, 5.74) is 3.13. The number of anilines is 2. The van der Waals surface area contributed by atoms with Crippen molar-refractivity contribution in [2.45, 2.75) is 0 Å². The number of carbonyl (C=O) groups excluding carboxylic acids is 1. The fraction of sp³-hybridized carbons (Fsp3) is 0.227. The summed E-state index contributed by atoms with van der Waals surface area (Å²) in [6, 6.07) is 11.3. The highest BCUT2D eigenvalue weighted by molar-refractivity contribution is 6.11. The minimum atomic E-state index is -0.305. The molecular weight excluding hydrogens is 366 g/mol. The largest absolute Gasteiger partial charge is 0.449 e. The first-order valence-electron chi connectivity index (χ1n) is 9.65. The summed E-state index contributed by atoms with van der Waals surface area (Å²) in [7, 11) is 2.14. The molecule has 5 rings (SSSR count). The van der Waals surface area contributed by atoms with Crippen LogP contribution in [-0.2, 0) is 0 Å². The number of hydrogen-bond donors (Lipinski definition) is 1. The summed E-state index contributed by atoms with van der Waals surface area (Å²) >= 11 is 0. The predicted molar refractivity (Wildman–Crippen MR) is 113 cm³/mol. The summed E-state index contributed by atoms with van der Waals surface area (Å²) in [5, 5.41) is 4.96. The maximum atomic E-state index is 12.8. The summed E-state index contributed by atoms with van der Waals surface area (Å²) in [4.78, 5) is 26.0. The van der Waals surface area contributed by atoms with Crippen molar-refractivity contribution < 1.29 is 9.21 Å². The van der Waals surface area contributed by atoms with Crippen LogP contribution in [0, 0.1) is 0 Å². The number of carbonyl (C=O) groups is 1. The van der Waals surface area contributed by atoms with Crippen molar-refractivity contribution in [3.8, 4) is 0 Å². The first kappa shape index (κ1) is 17.6. The number of aromatic nitrogens is 2. The SMILES string of the molecule is CN1CCN(c2ccc(NC(=O)c3cc4ncccc4o3)c3cnccc23)CC1. The minimum absolute atomic E-state index is 0.235. The van der Waals surface area contributed by atoms with E-state index in [9.17, 15) is 4.79 Å². The van der Waals surface area contributed by atoms with Gasteiger partial charge in [-0.15, -0.1) is 0 Å². The summed E-state index contributed by atoms with van der Waals surface area (Å²) in [5.74, 6) is -0.0700. The van der Waals surface area contributed by atoms with Crippen LogP contribution in [0.3, 0.4) is 0 Å². The number of piperazine rings is 1. The van der Waals surface area contributed by atoms with E-state index in [1.165, 1.54) is 5.69 Å². The molecule has 1 N–H and O–H groups in total. The zero-order valence-electron chi connectivity index (χ0n) is 16.1. The van der Waals surface area contributed by atoms with Gasteiger partial charge in [-0.1, -0.05) is 0 Å². The highest BCUT2D eigenvalue weighted by Gasteiger charge is 2.19. The molecule has 146 valence electrons. The predicted octanol–water partition coefficient (Wildman–Crippen LogP) is 3.38. The molecule has 29 heavy (non-hydrogen) atoms. The van der Waals surface area contributed by atoms with Crippen molar-refractivity contribution in [2.75, 3.05) is 43.4 Å². The van der Waals surface area contributed by atoms with Gasteiger partial charge in [0, 0.05) is 67.3 Å². The van der Waals surface area contributed by atoms with Gasteiger partial charge in [0.2, 0.25) is 0 Å². The standard InChI is InChI=1S/C22H21N5O2/c1-26-9-11-27(12-10-26)19-5-4-17(16-14-23-8-6-15(16)19)25-22(28)21-13-18-20(29-21)3-2-7-24-18/h2-8,13-14H,9-12H2,1H3,(H,25,28). The third-order valence-electron chi connectivity index (χ3n) is 5.40. The van der Waals surface area contributed by atoms with Crippen LogP contribution in [0.5, 0.6) is 0 Å². The molecule has 1 aliphatic heterocycles. The highest BCUT2D eigenvalue weighted by atomic mass is 16.3. The van der Waals surface area contributed by atoms with Crippen LogP contribution in [0.15, 0.2) is 59.4 Å². The van der Waals surface area contributed by atoms with Crippen molar-refractivity contribution in [1.29, 1.82) is 0 Å². The molecule has 1 fully saturated rings. The number of hydrogen-bond acceptors (Lipinski definition) is 6. The van der Waals surface area contributed by atoms with E-state index in [0.717, 1.165) is 37.0 Å². The average Bonchev–Trinajstić information content (AvgIpc) is 3.19. The van der Waals surface area contributed by atoms with Crippen molar-refractivity contribution in [2.24, 2.45) is 0 Å². The monoisotopic (exact) mass is 387 g/mol. The van der Waals surface area contributed by atoms with Crippen molar-refractivity contribution >= 4 is 39.2 Å². The molecule has 0 atom stereocenters. The molecule has 0 spiro atoms. The van der Waals surface area contributed by atoms with Crippen molar-refractivity contribution in [3.05, 3.63) is 60.7 Å². The Bertz CT molecular complexity index is 1160. The number of rotatable bonds is 3. The molecule has 3 aromatic heterocycles. The van der Waals surface area contributed by atoms with Crippen LogP contribution in [0.1, 0.15) is 10.6 Å². The van der Waals surface area contributed by atoms with Gasteiger partial charge in [-0.3, -0.25) is 14.8 Å². The topological polar surface area (TPSA) is 74.5 Å². The molecule has 1 amide bonds. The fourth-order valence-electron chi connectivity index (χ4n) is 3.77. The van der Waals surface area contributed by atoms with Crippen LogP contribution in [0.4, 0.5) is 11.4 Å². The first-order chi connectivity index (χ1) is 14.2. The lowest BCUT2D eigenvalue weighted by Crippen LogP contribution is -2.44. The van der Waals surface area contributed by atoms with Gasteiger partial charge in [-0.25, -0.2) is 0 Å². The van der Waals surface area contributed by atoms with Crippen LogP contribution in [0.2, 0.25) is 0 Å². The van der Waals surface area contributed by atoms with Crippen LogP contribution < -0.4 is 10.2 Å². The third kappa shape index (κ3) is 3.30. The summed E-state index contributed by atoms with van der Waals surface area (Å²) < 4.78 is 5.64. The molecule has 7 nitrogen and oxygen atoms in total. The van der Waals surface area contributed by atoms with Crippen molar-refractivity contribution in [1.82, 2.24) is 14.9 Å². The molecular formula is C22H21N5O2. The Morgan fingerprint density at radius 1 is 1.07 bits per heavy atom. The third-order valence-corrected chi connectivity index (χ3v) is 5.40. The Morgan fingerprint density at radius 3 is 2.76 bits per heavy atom. The number of benzene rings is 1. The van der Waals surface area contributed by atoms with Crippen LogP contribution in [0.25, 0.3) is 21.9 Å². The fourth-order valence-corrected chi connectivity index (χ4v) is 3.77. The Kier molecular flexibility index (Phi) is 4.37. The molecule has 4 aromatic rings. The average molecular weight is 387 g/mol. The van der Waals surface area contributed by atoms with Gasteiger partial charge in [0.05, 0.1) is 5.69 Å². The van der Waals surface area contributed by atoms with E-state index in [1.54, 1.807) is 36.8 Å². The van der Waals surface area contributed by atoms with Gasteiger partial charge in [-0.05, 0) is 37.4 Å². The maximum Gasteiger partial charge on any atom is 0.291 e. The molecule has 0 bridgehead atoms. The van der Waals surface area contributed by atoms with E-state index in [1.807, 2.05) is 12.1 Å². The lowest BCUT2D eigenvalue weighted by atomic mass is 10.1. The molecule has 0 saturated carbocycles. The zero-order chi connectivity index (χ0) is 19.8. The number of nitrogens with zero attached hydrogens (tertiary/aromatic N) is 4. The Labute approximate surface area is 168 Å². The van der Waals surface area contributed by atoms with Crippen molar-refractivity contribution in [3.63, 3.8) is 0 Å². The number of pyridine rings is 2. The zero-order valence-corrected chi connectivity index (χ0v) is 16.1.